The number of esters is 3. The minimum absolute atomic E-state index is 0.107. The molecule has 1 atom stereocenters. The number of carbonyl (C=O) groups excluding carboxylic acids is 3. The molecule has 1 unspecified atom stereocenters. The van der Waals surface area contributed by atoms with Crippen molar-refractivity contribution in [1.82, 2.24) is 0 Å². The van der Waals surface area contributed by atoms with Gasteiger partial charge in [-0.1, -0.05) is 231 Å². The largest absolute Gasteiger partial charge is 0.462 e. The van der Waals surface area contributed by atoms with Crippen LogP contribution in [-0.4, -0.2) is 37.2 Å². The highest BCUT2D eigenvalue weighted by atomic mass is 16.6. The smallest absolute Gasteiger partial charge is 0.306 e. The molecule has 0 aromatic carbocycles. The Morgan fingerprint density at radius 2 is 0.647 bits per heavy atom. The maximum atomic E-state index is 12.8. The molecular formula is C62H98O6. The van der Waals surface area contributed by atoms with Crippen molar-refractivity contribution >= 4 is 17.9 Å². The zero-order valence-corrected chi connectivity index (χ0v) is 43.6. The maximum Gasteiger partial charge on any atom is 0.306 e. The Balaban J connectivity index is 4.51. The van der Waals surface area contributed by atoms with Gasteiger partial charge in [-0.15, -0.1) is 0 Å². The molecule has 0 aliphatic rings. The van der Waals surface area contributed by atoms with Crippen LogP contribution < -0.4 is 0 Å². The van der Waals surface area contributed by atoms with Crippen LogP contribution in [0.4, 0.5) is 0 Å². The first-order valence-corrected chi connectivity index (χ1v) is 27.3. The van der Waals surface area contributed by atoms with E-state index in [9.17, 15) is 14.4 Å². The first-order valence-electron chi connectivity index (χ1n) is 27.3. The topological polar surface area (TPSA) is 78.9 Å². The van der Waals surface area contributed by atoms with Crippen LogP contribution in [-0.2, 0) is 28.6 Å². The van der Waals surface area contributed by atoms with Crippen molar-refractivity contribution < 1.29 is 28.6 Å². The van der Waals surface area contributed by atoms with Crippen LogP contribution in [0.25, 0.3) is 0 Å². The molecule has 0 heterocycles. The minimum atomic E-state index is -0.811. The van der Waals surface area contributed by atoms with Crippen LogP contribution in [0.3, 0.4) is 0 Å². The maximum absolute atomic E-state index is 12.8. The molecule has 0 N–H and O–H groups in total. The second-order valence-corrected chi connectivity index (χ2v) is 17.5. The second kappa shape index (κ2) is 55.1. The summed E-state index contributed by atoms with van der Waals surface area (Å²) >= 11 is 0. The molecular weight excluding hydrogens is 841 g/mol. The van der Waals surface area contributed by atoms with E-state index in [1.165, 1.54) is 32.1 Å². The molecule has 0 aromatic heterocycles. The number of unbranched alkanes of at least 4 members (excludes halogenated alkanes) is 19. The summed E-state index contributed by atoms with van der Waals surface area (Å²) in [4.78, 5) is 38.1. The summed E-state index contributed by atoms with van der Waals surface area (Å²) in [5.74, 6) is -0.971. The second-order valence-electron chi connectivity index (χ2n) is 17.5. The molecule has 0 rings (SSSR count). The third-order valence-corrected chi connectivity index (χ3v) is 11.0. The molecule has 0 amide bonds. The van der Waals surface area contributed by atoms with E-state index in [1.54, 1.807) is 0 Å². The van der Waals surface area contributed by atoms with Gasteiger partial charge in [0.15, 0.2) is 6.10 Å². The fourth-order valence-electron chi connectivity index (χ4n) is 6.97. The summed E-state index contributed by atoms with van der Waals surface area (Å²) in [7, 11) is 0. The number of ether oxygens (including phenoxy) is 3. The molecule has 0 saturated heterocycles. The quantitative estimate of drug-likeness (QED) is 0.0199. The van der Waals surface area contributed by atoms with E-state index in [2.05, 4.69) is 154 Å². The van der Waals surface area contributed by atoms with Gasteiger partial charge in [0.2, 0.25) is 0 Å². The Morgan fingerprint density at radius 3 is 1.07 bits per heavy atom. The van der Waals surface area contributed by atoms with Crippen LogP contribution in [0.5, 0.6) is 0 Å². The van der Waals surface area contributed by atoms with Gasteiger partial charge in [-0.3, -0.25) is 14.4 Å². The Kier molecular flexibility index (Phi) is 51.5. The molecule has 0 fully saturated rings. The number of hydrogen-bond donors (Lipinski definition) is 0. The highest BCUT2D eigenvalue weighted by molar-refractivity contribution is 5.71. The Morgan fingerprint density at radius 1 is 0.324 bits per heavy atom. The van der Waals surface area contributed by atoms with Gasteiger partial charge in [-0.25, -0.2) is 0 Å². The number of rotatable bonds is 47. The fourth-order valence-corrected chi connectivity index (χ4v) is 6.97. The fraction of sp³-hybridized carbons (Fsp3) is 0.597. The van der Waals surface area contributed by atoms with Crippen LogP contribution in [0.1, 0.15) is 220 Å². The lowest BCUT2D eigenvalue weighted by molar-refractivity contribution is -0.167. The first-order chi connectivity index (χ1) is 33.5. The molecule has 6 nitrogen and oxygen atoms in total. The Labute approximate surface area is 417 Å². The van der Waals surface area contributed by atoms with Crippen molar-refractivity contribution in [3.05, 3.63) is 134 Å². The van der Waals surface area contributed by atoms with Crippen LogP contribution in [0.2, 0.25) is 0 Å². The van der Waals surface area contributed by atoms with E-state index in [0.717, 1.165) is 148 Å². The van der Waals surface area contributed by atoms with Crippen molar-refractivity contribution in [2.45, 2.75) is 226 Å². The number of allylic oxidation sites excluding steroid dienone is 22. The van der Waals surface area contributed by atoms with Crippen molar-refractivity contribution in [1.29, 1.82) is 0 Å². The van der Waals surface area contributed by atoms with E-state index in [0.29, 0.717) is 12.8 Å². The molecule has 0 saturated carbocycles. The van der Waals surface area contributed by atoms with Gasteiger partial charge in [-0.2, -0.15) is 0 Å². The van der Waals surface area contributed by atoms with Gasteiger partial charge in [0, 0.05) is 19.3 Å². The third kappa shape index (κ3) is 52.5. The average molecular weight is 939 g/mol. The van der Waals surface area contributed by atoms with Gasteiger partial charge >= 0.3 is 17.9 Å². The Hall–Kier alpha value is -4.45. The highest BCUT2D eigenvalue weighted by Gasteiger charge is 2.19. The first kappa shape index (κ1) is 63.5. The zero-order chi connectivity index (χ0) is 49.3. The molecule has 0 aliphatic carbocycles. The standard InChI is InChI=1S/C62H98O6/c1-4-7-10-13-16-19-22-25-27-29-31-33-34-37-40-43-46-49-52-55-61(64)67-58-59(57-66-60(63)54-51-48-45-42-39-36-24-21-18-15-12-9-6-3)68-62(65)56-53-50-47-44-41-38-35-32-30-28-26-23-20-17-14-11-8-5-2/h7,9-10,12,15-21,23-28,30-33,35,59H,4-6,8,11,13-14,22,29,34,36-58H2,1-3H3/b10-7-,12-9-,18-15-,19-16-,20-17-,24-21-,26-23-,27-25-,30-28-,33-31-,35-32-. The summed E-state index contributed by atoms with van der Waals surface area (Å²) in [6.07, 6.45) is 77.1. The predicted molar refractivity (Wildman–Crippen MR) is 292 cm³/mol. The van der Waals surface area contributed by atoms with Gasteiger partial charge in [0.05, 0.1) is 0 Å². The monoisotopic (exact) mass is 939 g/mol. The summed E-state index contributed by atoms with van der Waals surface area (Å²) in [5, 5.41) is 0. The zero-order valence-electron chi connectivity index (χ0n) is 43.6. The van der Waals surface area contributed by atoms with Gasteiger partial charge in [-0.05, 0) is 103 Å². The summed E-state index contributed by atoms with van der Waals surface area (Å²) in [6.45, 7) is 6.29. The molecule has 0 aliphatic heterocycles. The SMILES string of the molecule is CC\C=C/C=C\C=C/CCCCCCCC(=O)OCC(COC(=O)CCCCCCCC/C=C\C/C=C\C/C=C\C/C=C\CC)OC(=O)CCCCCCC\C=C/C=C\C=C/C=C\CCCCC. The molecule has 0 spiro atoms. The van der Waals surface area contributed by atoms with E-state index in [1.807, 2.05) is 0 Å². The number of hydrogen-bond acceptors (Lipinski definition) is 6. The lowest BCUT2D eigenvalue weighted by Gasteiger charge is -2.18. The van der Waals surface area contributed by atoms with Crippen molar-refractivity contribution in [2.24, 2.45) is 0 Å². The normalized spacial score (nSPS) is 13.2. The highest BCUT2D eigenvalue weighted by Crippen LogP contribution is 2.13. The predicted octanol–water partition coefficient (Wildman–Crippen LogP) is 18.3. The van der Waals surface area contributed by atoms with Gasteiger partial charge in [0.25, 0.3) is 0 Å². The van der Waals surface area contributed by atoms with Gasteiger partial charge in [0.1, 0.15) is 13.2 Å². The molecule has 0 bridgehead atoms. The van der Waals surface area contributed by atoms with Crippen molar-refractivity contribution in [2.75, 3.05) is 13.2 Å². The molecule has 0 aromatic rings. The summed E-state index contributed by atoms with van der Waals surface area (Å²) in [5.41, 5.74) is 0. The average Bonchev–Trinajstić information content (AvgIpc) is 3.34. The summed E-state index contributed by atoms with van der Waals surface area (Å²) in [6, 6.07) is 0. The van der Waals surface area contributed by atoms with E-state index >= 15 is 0 Å². The van der Waals surface area contributed by atoms with E-state index in [4.69, 9.17) is 14.2 Å². The summed E-state index contributed by atoms with van der Waals surface area (Å²) < 4.78 is 16.8. The lowest BCUT2D eigenvalue weighted by atomic mass is 10.1. The van der Waals surface area contributed by atoms with Crippen molar-refractivity contribution in [3.8, 4) is 0 Å². The minimum Gasteiger partial charge on any atom is -0.462 e. The Bertz CT molecular complexity index is 1500. The van der Waals surface area contributed by atoms with Crippen molar-refractivity contribution in [3.63, 3.8) is 0 Å². The molecule has 0 radical (unpaired) electrons. The van der Waals surface area contributed by atoms with Crippen LogP contribution in [0, 0.1) is 0 Å². The van der Waals surface area contributed by atoms with Crippen LogP contribution >= 0.6 is 0 Å². The van der Waals surface area contributed by atoms with E-state index in [-0.39, 0.29) is 37.5 Å². The van der Waals surface area contributed by atoms with E-state index < -0.39 is 6.10 Å². The van der Waals surface area contributed by atoms with Crippen LogP contribution in [0.15, 0.2) is 134 Å². The molecule has 68 heavy (non-hydrogen) atoms. The lowest BCUT2D eigenvalue weighted by Crippen LogP contribution is -2.30. The molecule has 6 heteroatoms. The number of carbonyl (C=O) groups is 3. The van der Waals surface area contributed by atoms with Gasteiger partial charge < -0.3 is 14.2 Å². The third-order valence-electron chi connectivity index (χ3n) is 11.0. The molecule has 382 valence electrons.